The number of anilines is 3. The fourth-order valence-electron chi connectivity index (χ4n) is 4.79. The number of aliphatic hydroxyl groups excluding tert-OH is 1. The van der Waals surface area contributed by atoms with E-state index in [1.54, 1.807) is 17.9 Å². The van der Waals surface area contributed by atoms with Crippen molar-refractivity contribution in [1.29, 1.82) is 0 Å². The number of nitrogens with one attached hydrogen (secondary N) is 2. The van der Waals surface area contributed by atoms with E-state index in [0.29, 0.717) is 29.1 Å². The molecule has 1 aliphatic carbocycles. The van der Waals surface area contributed by atoms with E-state index >= 15 is 0 Å². The molecule has 1 aromatic carbocycles. The number of amides is 1. The molecule has 0 spiro atoms. The van der Waals surface area contributed by atoms with Crippen molar-refractivity contribution in [1.82, 2.24) is 29.5 Å². The van der Waals surface area contributed by atoms with E-state index < -0.39 is 0 Å². The van der Waals surface area contributed by atoms with Crippen LogP contribution in [0.25, 0.3) is 11.2 Å². The second-order valence-corrected chi connectivity index (χ2v) is 9.23. The first kappa shape index (κ1) is 21.6. The molecule has 1 saturated carbocycles. The van der Waals surface area contributed by atoms with Gasteiger partial charge >= 0.3 is 0 Å². The van der Waals surface area contributed by atoms with Crippen LogP contribution in [0.5, 0.6) is 0 Å². The van der Waals surface area contributed by atoms with E-state index in [-0.39, 0.29) is 18.6 Å². The van der Waals surface area contributed by atoms with Gasteiger partial charge in [0.25, 0.3) is 5.91 Å². The summed E-state index contributed by atoms with van der Waals surface area (Å²) < 4.78 is 3.71. The lowest BCUT2D eigenvalue weighted by Crippen LogP contribution is -2.34. The number of hydrogen-bond acceptors (Lipinski definition) is 7. The van der Waals surface area contributed by atoms with Crippen LogP contribution in [0.3, 0.4) is 0 Å². The summed E-state index contributed by atoms with van der Waals surface area (Å²) in [6, 6.07) is 9.90. The zero-order chi connectivity index (χ0) is 23.9. The molecule has 35 heavy (non-hydrogen) atoms. The number of rotatable bonds is 7. The second-order valence-electron chi connectivity index (χ2n) is 9.23. The normalized spacial score (nSPS) is 17.8. The van der Waals surface area contributed by atoms with E-state index in [1.165, 1.54) is 5.56 Å². The molecule has 1 aliphatic heterocycles. The third-order valence-electron chi connectivity index (χ3n) is 6.83. The van der Waals surface area contributed by atoms with Crippen molar-refractivity contribution < 1.29 is 9.90 Å². The topological polar surface area (TPSA) is 113 Å². The monoisotopic (exact) mass is 472 g/mol. The van der Waals surface area contributed by atoms with Gasteiger partial charge in [0, 0.05) is 31.0 Å². The van der Waals surface area contributed by atoms with Crippen LogP contribution in [0.4, 0.5) is 17.6 Å². The number of hydrogen-bond donors (Lipinski definition) is 3. The van der Waals surface area contributed by atoms with Crippen molar-refractivity contribution in [3.8, 4) is 5.69 Å². The summed E-state index contributed by atoms with van der Waals surface area (Å²) >= 11 is 0. The molecule has 3 N–H and O–H groups in total. The van der Waals surface area contributed by atoms with Crippen molar-refractivity contribution in [2.75, 3.05) is 30.4 Å². The third-order valence-corrected chi connectivity index (χ3v) is 6.83. The zero-order valence-corrected chi connectivity index (χ0v) is 19.6. The van der Waals surface area contributed by atoms with E-state index in [4.69, 9.17) is 4.98 Å². The third kappa shape index (κ3) is 4.10. The van der Waals surface area contributed by atoms with Gasteiger partial charge < -0.3 is 25.2 Å². The molecule has 1 amide bonds. The summed E-state index contributed by atoms with van der Waals surface area (Å²) in [6.07, 6.45) is 9.76. The molecule has 1 atom stereocenters. The van der Waals surface area contributed by atoms with Crippen molar-refractivity contribution in [3.63, 3.8) is 0 Å². The summed E-state index contributed by atoms with van der Waals surface area (Å²) in [7, 11) is 1.65. The summed E-state index contributed by atoms with van der Waals surface area (Å²) in [5.74, 6) is 2.29. The fourth-order valence-corrected chi connectivity index (χ4v) is 4.79. The van der Waals surface area contributed by atoms with Crippen LogP contribution in [0, 0.1) is 0 Å². The Morgan fingerprint density at radius 1 is 1.23 bits per heavy atom. The van der Waals surface area contributed by atoms with Gasteiger partial charge in [-0.25, -0.2) is 9.50 Å². The average molecular weight is 473 g/mol. The lowest BCUT2D eigenvalue weighted by molar-refractivity contribution is 0.0963. The summed E-state index contributed by atoms with van der Waals surface area (Å²) in [4.78, 5) is 23.7. The van der Waals surface area contributed by atoms with Gasteiger partial charge in [0.1, 0.15) is 17.7 Å². The van der Waals surface area contributed by atoms with Gasteiger partial charge in [-0.15, -0.1) is 5.10 Å². The van der Waals surface area contributed by atoms with Gasteiger partial charge in [0.15, 0.2) is 5.82 Å². The van der Waals surface area contributed by atoms with Crippen LogP contribution in [-0.4, -0.2) is 61.4 Å². The number of benzene rings is 1. The number of nitrogens with zero attached hydrogens (tertiary/aromatic N) is 6. The Kier molecular flexibility index (Phi) is 5.37. The largest absolute Gasteiger partial charge is 0.394 e. The minimum atomic E-state index is -0.0977. The minimum Gasteiger partial charge on any atom is -0.394 e. The van der Waals surface area contributed by atoms with Crippen molar-refractivity contribution >= 4 is 29.0 Å². The first-order valence-corrected chi connectivity index (χ1v) is 12.0. The number of aliphatic hydroxyl groups is 1. The molecule has 4 aromatic rings. The van der Waals surface area contributed by atoms with Crippen LogP contribution in [0.2, 0.25) is 0 Å². The highest BCUT2D eigenvalue weighted by Gasteiger charge is 2.27. The number of imidazole rings is 1. The average Bonchev–Trinajstić information content (AvgIpc) is 3.25. The van der Waals surface area contributed by atoms with Gasteiger partial charge in [-0.1, -0.05) is 0 Å². The zero-order valence-electron chi connectivity index (χ0n) is 19.6. The second kappa shape index (κ2) is 8.70. The van der Waals surface area contributed by atoms with Gasteiger partial charge in [0.2, 0.25) is 5.95 Å². The molecule has 6 rings (SSSR count). The maximum atomic E-state index is 12.3. The summed E-state index contributed by atoms with van der Waals surface area (Å²) in [5, 5.41) is 20.5. The summed E-state index contributed by atoms with van der Waals surface area (Å²) in [5.41, 5.74) is 3.56. The highest BCUT2D eigenvalue weighted by molar-refractivity contribution is 5.94. The molecule has 4 heterocycles. The number of carbonyl (C=O) groups excluding carboxylic acids is 1. The molecule has 2 aliphatic rings. The Labute approximate surface area is 202 Å². The lowest BCUT2D eigenvalue weighted by atomic mass is 10.0. The van der Waals surface area contributed by atoms with Crippen LogP contribution in [-0.2, 0) is 0 Å². The quantitative estimate of drug-likeness (QED) is 0.379. The Balaban J connectivity index is 1.32. The molecule has 0 radical (unpaired) electrons. The molecule has 0 bridgehead atoms. The Hall–Kier alpha value is -3.92. The smallest absolute Gasteiger partial charge is 0.251 e. The number of fused-ring (bicyclic) bond motifs is 1. The summed E-state index contributed by atoms with van der Waals surface area (Å²) in [6.45, 7) is 0.898. The highest BCUT2D eigenvalue weighted by Crippen LogP contribution is 2.41. The maximum Gasteiger partial charge on any atom is 0.251 e. The Morgan fingerprint density at radius 2 is 2.11 bits per heavy atom. The lowest BCUT2D eigenvalue weighted by Gasteiger charge is -2.23. The van der Waals surface area contributed by atoms with E-state index in [9.17, 15) is 9.90 Å². The van der Waals surface area contributed by atoms with Crippen molar-refractivity contribution in [2.24, 2.45) is 0 Å². The maximum absolute atomic E-state index is 12.3. The predicted molar refractivity (Wildman–Crippen MR) is 133 cm³/mol. The SMILES string of the molecule is CNC(=O)c1cc(C2CC2)cc(-n2cnc(Nc3nc(N4CCCC4CO)nn4cccc34)c2)c1. The number of carbonyl (C=O) groups is 1. The molecule has 1 saturated heterocycles. The van der Waals surface area contributed by atoms with Crippen molar-refractivity contribution in [3.05, 3.63) is 60.2 Å². The molecule has 3 aromatic heterocycles. The minimum absolute atomic E-state index is 0.0309. The number of aromatic nitrogens is 5. The molecule has 10 nitrogen and oxygen atoms in total. The van der Waals surface area contributed by atoms with Crippen LogP contribution >= 0.6 is 0 Å². The van der Waals surface area contributed by atoms with Gasteiger partial charge in [0.05, 0.1) is 18.8 Å². The van der Waals surface area contributed by atoms with Crippen molar-refractivity contribution in [2.45, 2.75) is 37.6 Å². The van der Waals surface area contributed by atoms with Crippen LogP contribution in [0.15, 0.2) is 49.1 Å². The molecular formula is C25H28N8O2. The van der Waals surface area contributed by atoms with Crippen LogP contribution in [0.1, 0.15) is 47.5 Å². The molecule has 1 unspecified atom stereocenters. The highest BCUT2D eigenvalue weighted by atomic mass is 16.3. The van der Waals surface area contributed by atoms with Gasteiger partial charge in [-0.05, 0) is 67.5 Å². The van der Waals surface area contributed by atoms with E-state index in [0.717, 1.165) is 43.4 Å². The fraction of sp³-hybridized carbons (Fsp3) is 0.360. The first-order chi connectivity index (χ1) is 17.1. The molecule has 2 fully saturated rings. The van der Waals surface area contributed by atoms with Gasteiger partial charge in [-0.2, -0.15) is 4.98 Å². The standard InChI is InChI=1S/C25H28N8O2/c1-26-24(35)18-10-17(16-6-7-16)11-20(12-18)31-13-22(27-15-31)28-23-21-5-3-9-33(21)30-25(29-23)32-8-2-4-19(32)14-34/h3,5,9-13,15-16,19,34H,2,4,6-8,14H2,1H3,(H,26,35)(H,28,29,30). The molecular weight excluding hydrogens is 444 g/mol. The van der Waals surface area contributed by atoms with Gasteiger partial charge in [-0.3, -0.25) is 4.79 Å². The van der Waals surface area contributed by atoms with E-state index in [2.05, 4.69) is 31.7 Å². The Bertz CT molecular complexity index is 1390. The molecule has 180 valence electrons. The van der Waals surface area contributed by atoms with E-state index in [1.807, 2.05) is 41.2 Å². The molecule has 10 heteroatoms. The first-order valence-electron chi connectivity index (χ1n) is 12.0. The van der Waals surface area contributed by atoms with Crippen LogP contribution < -0.4 is 15.5 Å². The Morgan fingerprint density at radius 3 is 2.91 bits per heavy atom. The predicted octanol–water partition coefficient (Wildman–Crippen LogP) is 2.86.